The number of hydrogen-bond donors (Lipinski definition) is 0. The van der Waals surface area contributed by atoms with Crippen molar-refractivity contribution in [3.05, 3.63) is 121 Å². The molecule has 8 rings (SSSR count). The van der Waals surface area contributed by atoms with Gasteiger partial charge in [0.25, 0.3) is 0 Å². The Morgan fingerprint density at radius 1 is 0.750 bits per heavy atom. The average molecular weight is 525 g/mol. The Morgan fingerprint density at radius 2 is 1.40 bits per heavy atom. The van der Waals surface area contributed by atoms with Crippen molar-refractivity contribution in [2.45, 2.75) is 38.0 Å². The lowest BCUT2D eigenvalue weighted by Gasteiger charge is -2.63. The summed E-state index contributed by atoms with van der Waals surface area (Å²) >= 11 is 0. The zero-order valence-electron chi connectivity index (χ0n) is 23.1. The van der Waals surface area contributed by atoms with Crippen LogP contribution in [0.5, 0.6) is 0 Å². The predicted octanol–water partition coefficient (Wildman–Crippen LogP) is 7.04. The van der Waals surface area contributed by atoms with E-state index in [1.54, 1.807) is 0 Å². The fraction of sp³-hybridized carbons (Fsp3) is 0.235. The van der Waals surface area contributed by atoms with Crippen molar-refractivity contribution >= 4 is 34.3 Å². The average Bonchev–Trinajstić information content (AvgIpc) is 3.55. The van der Waals surface area contributed by atoms with E-state index < -0.39 is 0 Å². The summed E-state index contributed by atoms with van der Waals surface area (Å²) in [5.41, 5.74) is 6.55. The van der Waals surface area contributed by atoms with E-state index >= 15 is 0 Å². The van der Waals surface area contributed by atoms with Gasteiger partial charge < -0.3 is 19.6 Å². The molecule has 5 heterocycles. The van der Waals surface area contributed by atoms with Crippen LogP contribution in [0.4, 0.5) is 28.7 Å². The van der Waals surface area contributed by atoms with Gasteiger partial charge in [-0.05, 0) is 41.8 Å². The first-order chi connectivity index (χ1) is 19.4. The van der Waals surface area contributed by atoms with Gasteiger partial charge in [-0.2, -0.15) is 0 Å². The number of nitrogens with zero attached hydrogens (tertiary/aromatic N) is 6. The van der Waals surface area contributed by atoms with E-state index in [2.05, 4.69) is 132 Å². The standard InChI is InChI=1S/C34H32N6/c1-23-22-33(2)26-15-9-11-17-28(26)40-30-29(35-18-19-36-30)39(24-12-6-5-7-13-24)32(40)34(33,3)31-37(4)20-21-38(31)27-16-10-8-14-25(23)27/h5-21,31-32H,1,22H2,2-4H3. The van der Waals surface area contributed by atoms with Crippen LogP contribution in [-0.4, -0.2) is 34.2 Å². The van der Waals surface area contributed by atoms with E-state index in [0.29, 0.717) is 0 Å². The Bertz CT molecular complexity index is 1700. The summed E-state index contributed by atoms with van der Waals surface area (Å²) in [7, 11) is 2.21. The van der Waals surface area contributed by atoms with Gasteiger partial charge in [0, 0.05) is 54.2 Å². The Balaban J connectivity index is 1.49. The number of benzene rings is 3. The molecule has 0 aliphatic carbocycles. The second kappa shape index (κ2) is 7.98. The Labute approximate surface area is 235 Å². The Hall–Kier alpha value is -4.58. The molecule has 0 fully saturated rings. The molecule has 4 atom stereocenters. The SMILES string of the molecule is C=C1CC2(C)c3ccccc3N3c4nccnc4N(c4ccccc4)C3C2(C)C2N(C)C=CN2c2ccccc21. The van der Waals surface area contributed by atoms with Gasteiger partial charge in [0.2, 0.25) is 0 Å². The summed E-state index contributed by atoms with van der Waals surface area (Å²) in [6.45, 7) is 9.65. The maximum absolute atomic E-state index is 4.97. The minimum Gasteiger partial charge on any atom is -0.358 e. The van der Waals surface area contributed by atoms with Crippen LogP contribution < -0.4 is 14.7 Å². The van der Waals surface area contributed by atoms with Crippen LogP contribution in [0.3, 0.4) is 0 Å². The number of hydrogen-bond acceptors (Lipinski definition) is 6. The van der Waals surface area contributed by atoms with E-state index in [1.807, 2.05) is 12.4 Å². The summed E-state index contributed by atoms with van der Waals surface area (Å²) in [5, 5.41) is 0. The van der Waals surface area contributed by atoms with E-state index in [4.69, 9.17) is 16.5 Å². The fourth-order valence-electron chi connectivity index (χ4n) is 8.05. The second-order valence-corrected chi connectivity index (χ2v) is 11.8. The molecule has 1 aromatic heterocycles. The molecule has 0 bridgehead atoms. The topological polar surface area (TPSA) is 38.7 Å². The molecule has 0 N–H and O–H groups in total. The first-order valence-electron chi connectivity index (χ1n) is 13.9. The van der Waals surface area contributed by atoms with Crippen LogP contribution >= 0.6 is 0 Å². The van der Waals surface area contributed by atoms with Crippen LogP contribution in [0.15, 0.2) is 110 Å². The number of rotatable bonds is 1. The lowest BCUT2D eigenvalue weighted by atomic mass is 9.52. The Morgan fingerprint density at radius 3 is 2.17 bits per heavy atom. The van der Waals surface area contributed by atoms with Gasteiger partial charge in [-0.25, -0.2) is 9.97 Å². The van der Waals surface area contributed by atoms with Gasteiger partial charge >= 0.3 is 0 Å². The van der Waals surface area contributed by atoms with Crippen LogP contribution in [-0.2, 0) is 5.41 Å². The molecular weight excluding hydrogens is 492 g/mol. The van der Waals surface area contributed by atoms with Crippen LogP contribution in [0, 0.1) is 5.41 Å². The van der Waals surface area contributed by atoms with Gasteiger partial charge in [0.15, 0.2) is 11.6 Å². The predicted molar refractivity (Wildman–Crippen MR) is 162 cm³/mol. The first kappa shape index (κ1) is 23.3. The van der Waals surface area contributed by atoms with Crippen molar-refractivity contribution in [1.82, 2.24) is 14.9 Å². The highest BCUT2D eigenvalue weighted by molar-refractivity contribution is 5.88. The highest BCUT2D eigenvalue weighted by Gasteiger charge is 2.68. The number of para-hydroxylation sites is 3. The van der Waals surface area contributed by atoms with Crippen molar-refractivity contribution in [2.75, 3.05) is 21.7 Å². The van der Waals surface area contributed by atoms with Crippen molar-refractivity contribution in [3.63, 3.8) is 0 Å². The maximum Gasteiger partial charge on any atom is 0.178 e. The third-order valence-corrected chi connectivity index (χ3v) is 9.90. The lowest BCUT2D eigenvalue weighted by molar-refractivity contribution is 0.0273. The monoisotopic (exact) mass is 524 g/mol. The summed E-state index contributed by atoms with van der Waals surface area (Å²) < 4.78 is 0. The van der Waals surface area contributed by atoms with Crippen molar-refractivity contribution < 1.29 is 0 Å². The highest BCUT2D eigenvalue weighted by atomic mass is 15.5. The van der Waals surface area contributed by atoms with Gasteiger partial charge in [0.05, 0.1) is 11.1 Å². The highest BCUT2D eigenvalue weighted by Crippen LogP contribution is 2.66. The van der Waals surface area contributed by atoms with E-state index in [-0.39, 0.29) is 23.2 Å². The number of allylic oxidation sites excluding steroid dienone is 1. The maximum atomic E-state index is 4.97. The normalized spacial score (nSPS) is 27.7. The molecule has 0 amide bonds. The molecule has 0 saturated carbocycles. The van der Waals surface area contributed by atoms with Crippen molar-refractivity contribution in [1.29, 1.82) is 0 Å². The van der Waals surface area contributed by atoms with Crippen molar-refractivity contribution in [2.24, 2.45) is 5.41 Å². The molecule has 40 heavy (non-hydrogen) atoms. The molecule has 6 heteroatoms. The molecular formula is C34H32N6. The molecule has 6 nitrogen and oxygen atoms in total. The zero-order chi connectivity index (χ0) is 27.2. The van der Waals surface area contributed by atoms with E-state index in [1.165, 1.54) is 22.5 Å². The molecule has 4 aliphatic heterocycles. The fourth-order valence-corrected chi connectivity index (χ4v) is 8.05. The molecule has 0 spiro atoms. The van der Waals surface area contributed by atoms with Gasteiger partial charge in [-0.15, -0.1) is 0 Å². The molecule has 4 aromatic rings. The summed E-state index contributed by atoms with van der Waals surface area (Å²) in [4.78, 5) is 19.7. The second-order valence-electron chi connectivity index (χ2n) is 11.8. The number of anilines is 5. The van der Waals surface area contributed by atoms with E-state index in [9.17, 15) is 0 Å². The van der Waals surface area contributed by atoms with Crippen LogP contribution in [0.2, 0.25) is 0 Å². The zero-order valence-corrected chi connectivity index (χ0v) is 23.1. The minimum atomic E-state index is -0.367. The summed E-state index contributed by atoms with van der Waals surface area (Å²) in [5.74, 6) is 1.79. The van der Waals surface area contributed by atoms with Gasteiger partial charge in [-0.1, -0.05) is 75.0 Å². The van der Waals surface area contributed by atoms with E-state index in [0.717, 1.165) is 29.3 Å². The molecule has 4 unspecified atom stereocenters. The quantitative estimate of drug-likeness (QED) is 0.266. The molecule has 0 saturated heterocycles. The van der Waals surface area contributed by atoms with Gasteiger partial charge in [-0.3, -0.25) is 0 Å². The molecule has 4 aliphatic rings. The summed E-state index contributed by atoms with van der Waals surface area (Å²) in [6.07, 6.45) is 8.84. The third-order valence-electron chi connectivity index (χ3n) is 9.90. The van der Waals surface area contributed by atoms with Gasteiger partial charge in [0.1, 0.15) is 12.3 Å². The van der Waals surface area contributed by atoms with Crippen LogP contribution in [0.1, 0.15) is 31.4 Å². The minimum absolute atomic E-state index is 0.0214. The first-order valence-corrected chi connectivity index (χ1v) is 13.9. The van der Waals surface area contributed by atoms with Crippen molar-refractivity contribution in [3.8, 4) is 0 Å². The molecule has 198 valence electrons. The molecule has 0 radical (unpaired) electrons. The largest absolute Gasteiger partial charge is 0.358 e. The Kier molecular flexibility index (Phi) is 4.65. The lowest BCUT2D eigenvalue weighted by Crippen LogP contribution is -2.71. The van der Waals surface area contributed by atoms with Crippen LogP contribution in [0.25, 0.3) is 5.57 Å². The number of fused-ring (bicyclic) bond motifs is 12. The molecule has 3 aromatic carbocycles. The number of aromatic nitrogens is 2. The third kappa shape index (κ3) is 2.73. The summed E-state index contributed by atoms with van der Waals surface area (Å²) in [6, 6.07) is 28.3. The smallest absolute Gasteiger partial charge is 0.178 e.